The number of H-pyrrole nitrogens is 1. The molecule has 0 bridgehead atoms. The van der Waals surface area contributed by atoms with Crippen molar-refractivity contribution in [2.24, 2.45) is 11.7 Å². The van der Waals surface area contributed by atoms with Gasteiger partial charge < -0.3 is 19.8 Å². The minimum Gasteiger partial charge on any atom is -0.497 e. The second-order valence-electron chi connectivity index (χ2n) is 9.41. The summed E-state index contributed by atoms with van der Waals surface area (Å²) in [5.74, 6) is 0.764. The highest BCUT2D eigenvalue weighted by Gasteiger charge is 2.39. The number of ether oxygens (including phenoxy) is 2. The molecule has 4 aromatic rings. The Morgan fingerprint density at radius 3 is 2.91 bits per heavy atom. The number of hydrogen-bond acceptors (Lipinski definition) is 5. The number of hydrogen-bond donors (Lipinski definition) is 2. The molecule has 1 saturated carbocycles. The summed E-state index contributed by atoms with van der Waals surface area (Å²) < 4.78 is 27.4. The molecule has 8 heteroatoms. The summed E-state index contributed by atoms with van der Waals surface area (Å²) in [6, 6.07) is 11.3. The summed E-state index contributed by atoms with van der Waals surface area (Å²) in [5.41, 5.74) is 9.71. The summed E-state index contributed by atoms with van der Waals surface area (Å²) in [6.45, 7) is 0.930. The van der Waals surface area contributed by atoms with Gasteiger partial charge in [0.2, 0.25) is 5.95 Å². The number of carbonyl (C=O) groups is 1. The number of ketones is 1. The number of nitrogens with one attached hydrogen (secondary N) is 1. The van der Waals surface area contributed by atoms with Crippen molar-refractivity contribution in [1.29, 1.82) is 0 Å². The predicted molar refractivity (Wildman–Crippen MR) is 126 cm³/mol. The molecule has 2 aliphatic rings. The smallest absolute Gasteiger partial charge is 0.216 e. The molecule has 0 spiro atoms. The fourth-order valence-electron chi connectivity index (χ4n) is 4.80. The maximum atomic E-state index is 14.1. The van der Waals surface area contributed by atoms with E-state index in [1.165, 1.54) is 6.20 Å². The van der Waals surface area contributed by atoms with E-state index in [9.17, 15) is 9.18 Å². The van der Waals surface area contributed by atoms with Gasteiger partial charge in [0, 0.05) is 34.7 Å². The zero-order chi connectivity index (χ0) is 23.4. The third-order valence-electron chi connectivity index (χ3n) is 6.97. The molecule has 1 unspecified atom stereocenters. The van der Waals surface area contributed by atoms with Crippen LogP contribution in [0, 0.1) is 11.9 Å². The molecule has 1 aliphatic carbocycles. The van der Waals surface area contributed by atoms with E-state index in [0.717, 1.165) is 40.8 Å². The van der Waals surface area contributed by atoms with Crippen molar-refractivity contribution < 1.29 is 18.7 Å². The van der Waals surface area contributed by atoms with E-state index in [0.29, 0.717) is 36.3 Å². The van der Waals surface area contributed by atoms with Gasteiger partial charge in [-0.25, -0.2) is 0 Å². The number of nitrogens with zero attached hydrogens (tertiary/aromatic N) is 2. The van der Waals surface area contributed by atoms with Crippen molar-refractivity contribution in [3.63, 3.8) is 0 Å². The minimum atomic E-state index is -0.486. The van der Waals surface area contributed by atoms with Gasteiger partial charge in [-0.05, 0) is 54.7 Å². The van der Waals surface area contributed by atoms with Crippen LogP contribution in [0.1, 0.15) is 28.8 Å². The van der Waals surface area contributed by atoms with Crippen LogP contribution >= 0.6 is 0 Å². The number of nitrogens with two attached hydrogens (primary N) is 1. The maximum Gasteiger partial charge on any atom is 0.216 e. The van der Waals surface area contributed by atoms with Crippen molar-refractivity contribution in [2.75, 3.05) is 13.7 Å². The van der Waals surface area contributed by atoms with Gasteiger partial charge in [0.25, 0.3) is 0 Å². The van der Waals surface area contributed by atoms with Crippen molar-refractivity contribution in [1.82, 2.24) is 14.8 Å². The van der Waals surface area contributed by atoms with Crippen LogP contribution in [-0.4, -0.2) is 39.8 Å². The summed E-state index contributed by atoms with van der Waals surface area (Å²) in [4.78, 5) is 13.7. The number of methoxy groups -OCH3 is 1. The van der Waals surface area contributed by atoms with Crippen LogP contribution in [0.25, 0.3) is 22.0 Å². The Bertz CT molecular complexity index is 1420. The minimum absolute atomic E-state index is 0.0290. The molecule has 0 radical (unpaired) electrons. The average Bonchev–Trinajstić information content (AvgIpc) is 3.25. The first kappa shape index (κ1) is 20.9. The molecule has 34 heavy (non-hydrogen) atoms. The number of aromatic nitrogens is 3. The van der Waals surface area contributed by atoms with Crippen molar-refractivity contribution >= 4 is 16.7 Å². The summed E-state index contributed by atoms with van der Waals surface area (Å²) in [5, 5.41) is 6.96. The first-order chi connectivity index (χ1) is 16.4. The maximum absolute atomic E-state index is 14.1. The lowest BCUT2D eigenvalue weighted by molar-refractivity contribution is 0.0856. The second-order valence-corrected chi connectivity index (χ2v) is 9.41. The van der Waals surface area contributed by atoms with Gasteiger partial charge in [0.1, 0.15) is 11.5 Å². The summed E-state index contributed by atoms with van der Waals surface area (Å²) in [7, 11) is 1.62. The van der Waals surface area contributed by atoms with E-state index < -0.39 is 5.95 Å². The second kappa shape index (κ2) is 7.70. The Kier molecular flexibility index (Phi) is 4.74. The molecule has 1 fully saturated rings. The standard InChI is InChI=1S/C26H25FN4O3/c1-33-18-3-5-23-16(9-18)8-17(13-34-23)24(32)21-12-31(14-26(28)6-7-26)22-10-15(2-4-19(21)22)20-11-29-30-25(20)27/h2-5,9-12,17H,6-8,13-14,28H2,1H3,(H,29,30). The Balaban J connectivity index is 1.39. The van der Waals surface area contributed by atoms with Gasteiger partial charge in [-0.15, -0.1) is 0 Å². The molecule has 2 aromatic heterocycles. The lowest BCUT2D eigenvalue weighted by Gasteiger charge is -2.24. The third-order valence-corrected chi connectivity index (χ3v) is 6.97. The summed E-state index contributed by atoms with van der Waals surface area (Å²) in [6.07, 6.45) is 5.84. The van der Waals surface area contributed by atoms with Crippen LogP contribution in [0.3, 0.4) is 0 Å². The van der Waals surface area contributed by atoms with Gasteiger partial charge in [-0.2, -0.15) is 9.49 Å². The molecule has 3 heterocycles. The van der Waals surface area contributed by atoms with E-state index in [2.05, 4.69) is 10.2 Å². The fraction of sp³-hybridized carbons (Fsp3) is 0.308. The van der Waals surface area contributed by atoms with E-state index in [4.69, 9.17) is 15.2 Å². The van der Waals surface area contributed by atoms with Gasteiger partial charge in [0.05, 0.1) is 31.4 Å². The van der Waals surface area contributed by atoms with E-state index in [1.54, 1.807) is 7.11 Å². The van der Waals surface area contributed by atoms with Crippen LogP contribution in [0.4, 0.5) is 4.39 Å². The summed E-state index contributed by atoms with van der Waals surface area (Å²) >= 11 is 0. The number of benzene rings is 2. The Morgan fingerprint density at radius 1 is 1.32 bits per heavy atom. The van der Waals surface area contributed by atoms with E-state index in [-0.39, 0.29) is 17.2 Å². The average molecular weight is 461 g/mol. The molecule has 7 nitrogen and oxygen atoms in total. The zero-order valence-electron chi connectivity index (χ0n) is 18.8. The van der Waals surface area contributed by atoms with Gasteiger partial charge in [-0.1, -0.05) is 12.1 Å². The predicted octanol–water partition coefficient (Wildman–Crippen LogP) is 4.10. The zero-order valence-corrected chi connectivity index (χ0v) is 18.8. The Hall–Kier alpha value is -3.65. The Morgan fingerprint density at radius 2 is 2.18 bits per heavy atom. The van der Waals surface area contributed by atoms with Crippen molar-refractivity contribution in [3.05, 3.63) is 65.9 Å². The molecule has 0 saturated heterocycles. The SMILES string of the molecule is COc1ccc2c(c1)CC(C(=O)c1cn(CC3(N)CC3)c3cc(-c4cn[nH]c4F)ccc13)CO2. The van der Waals surface area contributed by atoms with Gasteiger partial charge in [-0.3, -0.25) is 9.89 Å². The topological polar surface area (TPSA) is 95.2 Å². The quantitative estimate of drug-likeness (QED) is 0.423. The molecule has 1 aliphatic heterocycles. The molecule has 1 atom stereocenters. The molecule has 2 aromatic carbocycles. The van der Waals surface area contributed by atoms with E-state index in [1.807, 2.05) is 47.2 Å². The lowest BCUT2D eigenvalue weighted by Crippen LogP contribution is -2.29. The van der Waals surface area contributed by atoms with Crippen LogP contribution < -0.4 is 15.2 Å². The van der Waals surface area contributed by atoms with Crippen molar-refractivity contribution in [3.8, 4) is 22.6 Å². The fourth-order valence-corrected chi connectivity index (χ4v) is 4.80. The normalized spacial score (nSPS) is 18.4. The van der Waals surface area contributed by atoms with Crippen LogP contribution in [0.5, 0.6) is 11.5 Å². The van der Waals surface area contributed by atoms with Crippen LogP contribution in [0.15, 0.2) is 48.8 Å². The van der Waals surface area contributed by atoms with Gasteiger partial charge >= 0.3 is 0 Å². The highest BCUT2D eigenvalue weighted by Crippen LogP contribution is 2.38. The van der Waals surface area contributed by atoms with Crippen LogP contribution in [0.2, 0.25) is 0 Å². The number of rotatable bonds is 6. The monoisotopic (exact) mass is 460 g/mol. The Labute approximate surface area is 195 Å². The molecular weight excluding hydrogens is 435 g/mol. The number of halogens is 1. The molecule has 3 N–H and O–H groups in total. The molecule has 0 amide bonds. The first-order valence-electron chi connectivity index (χ1n) is 11.4. The number of aromatic amines is 1. The number of Topliss-reactive ketones (excluding diaryl/α,β-unsaturated/α-hetero) is 1. The largest absolute Gasteiger partial charge is 0.497 e. The molecule has 6 rings (SSSR count). The highest BCUT2D eigenvalue weighted by molar-refractivity contribution is 6.10. The van der Waals surface area contributed by atoms with Gasteiger partial charge in [0.15, 0.2) is 5.78 Å². The number of carbonyl (C=O) groups excluding carboxylic acids is 1. The molecular formula is C26H25FN4O3. The third kappa shape index (κ3) is 3.54. The van der Waals surface area contributed by atoms with E-state index >= 15 is 0 Å². The van der Waals surface area contributed by atoms with Crippen LogP contribution in [-0.2, 0) is 13.0 Å². The lowest BCUT2D eigenvalue weighted by atomic mass is 9.89. The number of fused-ring (bicyclic) bond motifs is 2. The first-order valence-corrected chi connectivity index (χ1v) is 11.4. The highest BCUT2D eigenvalue weighted by atomic mass is 19.1. The van der Waals surface area contributed by atoms with Crippen molar-refractivity contribution in [2.45, 2.75) is 31.3 Å². The molecule has 174 valence electrons.